The fraction of sp³-hybridized carbons (Fsp3) is 0. The number of nitriles is 1. The minimum atomic E-state index is -2.83. The van der Waals surface area contributed by atoms with Crippen LogP contribution in [0.2, 0.25) is 0 Å². The van der Waals surface area contributed by atoms with Gasteiger partial charge in [-0.2, -0.15) is 5.26 Å². The van der Waals surface area contributed by atoms with Gasteiger partial charge in [-0.25, -0.2) is 4.85 Å². The Hall–Kier alpha value is -6.46. The molecule has 48 heavy (non-hydrogen) atoms. The smallest absolute Gasteiger partial charge is 0.188 e. The van der Waals surface area contributed by atoms with Crippen LogP contribution in [0.3, 0.4) is 0 Å². The molecular formula is C44H29N3Si. The monoisotopic (exact) mass is 627 g/mol. The van der Waals surface area contributed by atoms with Gasteiger partial charge in [-0.05, 0) is 68.1 Å². The molecule has 0 aliphatic heterocycles. The maximum Gasteiger partial charge on any atom is 0.188 e. The van der Waals surface area contributed by atoms with E-state index in [1.807, 2.05) is 24.3 Å². The maximum atomic E-state index is 9.65. The van der Waals surface area contributed by atoms with Crippen molar-refractivity contribution in [2.45, 2.75) is 0 Å². The predicted octanol–water partition coefficient (Wildman–Crippen LogP) is 8.25. The highest BCUT2D eigenvalue weighted by Gasteiger charge is 2.41. The Morgan fingerprint density at radius 2 is 1.12 bits per heavy atom. The van der Waals surface area contributed by atoms with Crippen LogP contribution >= 0.6 is 0 Å². The zero-order chi connectivity index (χ0) is 32.5. The fourth-order valence-electron chi connectivity index (χ4n) is 7.29. The Balaban J connectivity index is 1.41. The van der Waals surface area contributed by atoms with Crippen LogP contribution in [-0.4, -0.2) is 12.6 Å². The summed E-state index contributed by atoms with van der Waals surface area (Å²) < 4.78 is 2.33. The Bertz CT molecular complexity index is 2480. The van der Waals surface area contributed by atoms with Crippen LogP contribution in [0.1, 0.15) is 5.56 Å². The van der Waals surface area contributed by atoms with E-state index in [-0.39, 0.29) is 0 Å². The van der Waals surface area contributed by atoms with E-state index in [0.29, 0.717) is 11.3 Å². The number of para-hydroxylation sites is 2. The third kappa shape index (κ3) is 4.64. The lowest BCUT2D eigenvalue weighted by Crippen LogP contribution is -2.74. The summed E-state index contributed by atoms with van der Waals surface area (Å²) in [5, 5.41) is 16.9. The molecule has 0 aliphatic rings. The molecule has 224 valence electrons. The summed E-state index contributed by atoms with van der Waals surface area (Å²) in [5.74, 6) is 0. The van der Waals surface area contributed by atoms with Crippen molar-refractivity contribution in [1.82, 2.24) is 4.57 Å². The van der Waals surface area contributed by atoms with E-state index in [1.54, 1.807) is 0 Å². The van der Waals surface area contributed by atoms with Gasteiger partial charge in [-0.3, -0.25) is 0 Å². The molecule has 7 aromatic carbocycles. The second kappa shape index (κ2) is 12.0. The highest BCUT2D eigenvalue weighted by atomic mass is 28.3. The van der Waals surface area contributed by atoms with E-state index in [0.717, 1.165) is 38.6 Å². The molecule has 0 bridgehead atoms. The summed E-state index contributed by atoms with van der Waals surface area (Å²) >= 11 is 0. The average molecular weight is 628 g/mol. The molecule has 0 aliphatic carbocycles. The van der Waals surface area contributed by atoms with Gasteiger partial charge in [0.1, 0.15) is 0 Å². The summed E-state index contributed by atoms with van der Waals surface area (Å²) in [6, 6.07) is 64.3. The molecule has 0 spiro atoms. The van der Waals surface area contributed by atoms with Crippen molar-refractivity contribution in [3.8, 4) is 22.9 Å². The van der Waals surface area contributed by atoms with Gasteiger partial charge in [-0.1, -0.05) is 140 Å². The fourth-order valence-corrected chi connectivity index (χ4v) is 12.1. The van der Waals surface area contributed by atoms with Crippen LogP contribution in [0.15, 0.2) is 176 Å². The minimum absolute atomic E-state index is 0.636. The zero-order valence-electron chi connectivity index (χ0n) is 26.1. The average Bonchev–Trinajstić information content (AvgIpc) is 3.50. The van der Waals surface area contributed by atoms with Gasteiger partial charge in [0.2, 0.25) is 0 Å². The van der Waals surface area contributed by atoms with Gasteiger partial charge < -0.3 is 4.57 Å². The first-order valence-corrected chi connectivity index (χ1v) is 17.9. The lowest BCUT2D eigenvalue weighted by atomic mass is 10.0. The molecule has 8 aromatic rings. The third-order valence-corrected chi connectivity index (χ3v) is 14.2. The Morgan fingerprint density at radius 3 is 1.83 bits per heavy atom. The van der Waals surface area contributed by atoms with Crippen molar-refractivity contribution < 1.29 is 0 Å². The number of hydrogen-bond acceptors (Lipinski definition) is 1. The molecule has 0 amide bonds. The second-order valence-electron chi connectivity index (χ2n) is 11.9. The quantitative estimate of drug-likeness (QED) is 0.104. The normalized spacial score (nSPS) is 11.3. The number of nitrogens with zero attached hydrogens (tertiary/aromatic N) is 3. The van der Waals surface area contributed by atoms with Crippen molar-refractivity contribution in [2.75, 3.05) is 0 Å². The van der Waals surface area contributed by atoms with E-state index in [1.165, 1.54) is 20.7 Å². The number of aromatic nitrogens is 1. The van der Waals surface area contributed by atoms with E-state index in [4.69, 9.17) is 6.57 Å². The number of fused-ring (bicyclic) bond motifs is 3. The standard InChI is InChI=1S/C44H29N3Si/c1-46-34-25-28-44-41(30-34)40-20-9-11-22-43(40)47(44)42-21-10-8-19-39(42)33-13-12-18-38(29-33)48(35-14-4-2-5-15-35,36-16-6-3-7-17-36)37-26-23-32(31-45)24-27-37/h2-30H. The van der Waals surface area contributed by atoms with Crippen molar-refractivity contribution in [3.63, 3.8) is 0 Å². The van der Waals surface area contributed by atoms with Crippen LogP contribution in [0.5, 0.6) is 0 Å². The van der Waals surface area contributed by atoms with Crippen LogP contribution < -0.4 is 20.7 Å². The first-order chi connectivity index (χ1) is 23.7. The van der Waals surface area contributed by atoms with Crippen LogP contribution in [0, 0.1) is 17.9 Å². The van der Waals surface area contributed by atoms with Crippen LogP contribution in [0.25, 0.3) is 43.5 Å². The molecule has 1 heterocycles. The first kappa shape index (κ1) is 29.0. The van der Waals surface area contributed by atoms with E-state index in [2.05, 4.69) is 167 Å². The summed E-state index contributed by atoms with van der Waals surface area (Å²) in [7, 11) is -2.83. The second-order valence-corrected chi connectivity index (χ2v) is 15.7. The molecule has 4 heteroatoms. The van der Waals surface area contributed by atoms with E-state index in [9.17, 15) is 5.26 Å². The number of benzene rings is 7. The summed E-state index contributed by atoms with van der Waals surface area (Å²) in [4.78, 5) is 3.72. The predicted molar refractivity (Wildman–Crippen MR) is 201 cm³/mol. The molecular weight excluding hydrogens is 599 g/mol. The van der Waals surface area contributed by atoms with Crippen molar-refractivity contribution >= 4 is 56.3 Å². The summed E-state index contributed by atoms with van der Waals surface area (Å²) in [6.45, 7) is 7.63. The SMILES string of the molecule is [C-]#[N+]c1ccc2c(c1)c1ccccc1n2-c1ccccc1-c1cccc([Si](c2ccccc2)(c2ccccc2)c2ccc(C#N)cc2)c1. The van der Waals surface area contributed by atoms with Crippen molar-refractivity contribution in [1.29, 1.82) is 5.26 Å². The topological polar surface area (TPSA) is 33.1 Å². The van der Waals surface area contributed by atoms with E-state index >= 15 is 0 Å². The van der Waals surface area contributed by atoms with Gasteiger partial charge in [0, 0.05) is 10.9 Å². The minimum Gasteiger partial charge on any atom is -0.309 e. The maximum absolute atomic E-state index is 9.65. The van der Waals surface area contributed by atoms with Gasteiger partial charge in [0.15, 0.2) is 13.8 Å². The lowest BCUT2D eigenvalue weighted by Gasteiger charge is -2.34. The van der Waals surface area contributed by atoms with Gasteiger partial charge in [-0.15, -0.1) is 0 Å². The highest BCUT2D eigenvalue weighted by molar-refractivity contribution is 7.19. The first-order valence-electron chi connectivity index (χ1n) is 15.9. The van der Waals surface area contributed by atoms with Gasteiger partial charge >= 0.3 is 0 Å². The molecule has 0 fully saturated rings. The van der Waals surface area contributed by atoms with E-state index < -0.39 is 8.07 Å². The lowest BCUT2D eigenvalue weighted by molar-refractivity contribution is 1.18. The molecule has 0 radical (unpaired) electrons. The van der Waals surface area contributed by atoms with Crippen molar-refractivity contribution in [3.05, 3.63) is 193 Å². The summed E-state index contributed by atoms with van der Waals surface area (Å²) in [6.07, 6.45) is 0. The van der Waals surface area contributed by atoms with Crippen LogP contribution in [-0.2, 0) is 0 Å². The Kier molecular flexibility index (Phi) is 7.27. The Labute approximate surface area is 281 Å². The number of hydrogen-bond donors (Lipinski definition) is 0. The van der Waals surface area contributed by atoms with Crippen molar-refractivity contribution in [2.24, 2.45) is 0 Å². The largest absolute Gasteiger partial charge is 0.309 e. The van der Waals surface area contributed by atoms with Crippen LogP contribution in [0.4, 0.5) is 5.69 Å². The van der Waals surface area contributed by atoms with Gasteiger partial charge in [0.05, 0.1) is 34.9 Å². The molecule has 0 unspecified atom stereocenters. The highest BCUT2D eigenvalue weighted by Crippen LogP contribution is 2.37. The molecule has 0 saturated carbocycles. The van der Waals surface area contributed by atoms with Gasteiger partial charge in [0.25, 0.3) is 0 Å². The Morgan fingerprint density at radius 1 is 0.521 bits per heavy atom. The third-order valence-electron chi connectivity index (χ3n) is 9.40. The molecule has 3 nitrogen and oxygen atoms in total. The molecule has 1 aromatic heterocycles. The zero-order valence-corrected chi connectivity index (χ0v) is 27.1. The molecule has 8 rings (SSSR count). The summed E-state index contributed by atoms with van der Waals surface area (Å²) in [5.41, 5.74) is 6.80. The number of rotatable bonds is 6. The molecule has 0 atom stereocenters. The molecule has 0 saturated heterocycles. The molecule has 0 N–H and O–H groups in total.